The van der Waals surface area contributed by atoms with Gasteiger partial charge in [0.25, 0.3) is 5.91 Å². The lowest BCUT2D eigenvalue weighted by atomic mass is 10.2. The quantitative estimate of drug-likeness (QED) is 0.762. The number of hydrogen-bond donors (Lipinski definition) is 0. The number of hydrogen-bond acceptors (Lipinski definition) is 4. The highest BCUT2D eigenvalue weighted by Crippen LogP contribution is 2.35. The van der Waals surface area contributed by atoms with Gasteiger partial charge >= 0.3 is 6.03 Å². The standard InChI is InChI=1S/C20H21N3O3S/c1-14-19(25)22(20(26)23(14)15-7-3-2-4-8-15)13-18(24)21-11-5-9-16(21)17-10-6-12-27-17/h2-4,6-8,10,12,14,16H,5,9,11,13H2,1H3/t14-,16+/m1/s1. The summed E-state index contributed by atoms with van der Waals surface area (Å²) < 4.78 is 0. The molecule has 4 rings (SSSR count). The van der Waals surface area contributed by atoms with E-state index in [1.807, 2.05) is 40.6 Å². The van der Waals surface area contributed by atoms with Gasteiger partial charge in [0.2, 0.25) is 5.91 Å². The molecule has 1 aromatic carbocycles. The van der Waals surface area contributed by atoms with Gasteiger partial charge in [-0.1, -0.05) is 24.3 Å². The number of urea groups is 1. The molecule has 0 bridgehead atoms. The lowest BCUT2D eigenvalue weighted by Crippen LogP contribution is -2.43. The van der Waals surface area contributed by atoms with Crippen LogP contribution in [0.4, 0.5) is 10.5 Å². The Balaban J connectivity index is 1.51. The van der Waals surface area contributed by atoms with Crippen molar-refractivity contribution in [2.75, 3.05) is 18.0 Å². The van der Waals surface area contributed by atoms with E-state index in [0.29, 0.717) is 12.2 Å². The first-order chi connectivity index (χ1) is 13.1. The van der Waals surface area contributed by atoms with E-state index in [2.05, 4.69) is 0 Å². The predicted molar refractivity (Wildman–Crippen MR) is 103 cm³/mol. The Kier molecular flexibility index (Phi) is 4.70. The van der Waals surface area contributed by atoms with E-state index < -0.39 is 12.1 Å². The third-order valence-electron chi connectivity index (χ3n) is 5.22. The van der Waals surface area contributed by atoms with Crippen LogP contribution in [0.25, 0.3) is 0 Å². The van der Waals surface area contributed by atoms with E-state index >= 15 is 0 Å². The topological polar surface area (TPSA) is 60.9 Å². The number of nitrogens with zero attached hydrogens (tertiary/aromatic N) is 3. The maximum atomic E-state index is 12.9. The number of benzene rings is 1. The van der Waals surface area contributed by atoms with Crippen molar-refractivity contribution in [1.29, 1.82) is 0 Å². The Morgan fingerprint density at radius 2 is 1.93 bits per heavy atom. The molecule has 2 saturated heterocycles. The molecular formula is C20H21N3O3S. The van der Waals surface area contributed by atoms with Gasteiger partial charge in [0.1, 0.15) is 12.6 Å². The van der Waals surface area contributed by atoms with Gasteiger partial charge in [0.05, 0.1) is 6.04 Å². The largest absolute Gasteiger partial charge is 0.333 e. The van der Waals surface area contributed by atoms with Crippen LogP contribution in [-0.2, 0) is 9.59 Å². The van der Waals surface area contributed by atoms with E-state index in [4.69, 9.17) is 0 Å². The SMILES string of the molecule is C[C@@H]1C(=O)N(CC(=O)N2CCC[C@H]2c2cccs2)C(=O)N1c1ccccc1. The van der Waals surface area contributed by atoms with Crippen molar-refractivity contribution < 1.29 is 14.4 Å². The first kappa shape index (κ1) is 17.7. The average molecular weight is 383 g/mol. The Morgan fingerprint density at radius 1 is 1.15 bits per heavy atom. The Hall–Kier alpha value is -2.67. The van der Waals surface area contributed by atoms with E-state index in [-0.39, 0.29) is 24.4 Å². The molecule has 0 unspecified atom stereocenters. The molecule has 0 saturated carbocycles. The summed E-state index contributed by atoms with van der Waals surface area (Å²) in [5, 5.41) is 2.00. The summed E-state index contributed by atoms with van der Waals surface area (Å²) in [5.41, 5.74) is 0.663. The zero-order chi connectivity index (χ0) is 19.0. The second kappa shape index (κ2) is 7.15. The lowest BCUT2D eigenvalue weighted by Gasteiger charge is -2.26. The van der Waals surface area contributed by atoms with Gasteiger partial charge in [-0.15, -0.1) is 11.3 Å². The van der Waals surface area contributed by atoms with Crippen LogP contribution in [0.3, 0.4) is 0 Å². The van der Waals surface area contributed by atoms with E-state index in [1.165, 1.54) is 4.90 Å². The number of imide groups is 1. The van der Waals surface area contributed by atoms with Gasteiger partial charge in [-0.2, -0.15) is 0 Å². The van der Waals surface area contributed by atoms with E-state index in [1.54, 1.807) is 30.4 Å². The molecule has 0 aliphatic carbocycles. The number of rotatable bonds is 4. The third kappa shape index (κ3) is 3.12. The van der Waals surface area contributed by atoms with Crippen molar-refractivity contribution >= 4 is 34.9 Å². The molecule has 0 spiro atoms. The fourth-order valence-electron chi connectivity index (χ4n) is 3.86. The van der Waals surface area contributed by atoms with Gasteiger partial charge < -0.3 is 4.90 Å². The van der Waals surface area contributed by atoms with Crippen LogP contribution in [0.2, 0.25) is 0 Å². The van der Waals surface area contributed by atoms with Gasteiger partial charge in [-0.25, -0.2) is 4.79 Å². The van der Waals surface area contributed by atoms with Crippen molar-refractivity contribution in [1.82, 2.24) is 9.80 Å². The predicted octanol–water partition coefficient (Wildman–Crippen LogP) is 3.27. The first-order valence-electron chi connectivity index (χ1n) is 9.10. The minimum Gasteiger partial charge on any atom is -0.333 e. The number of anilines is 1. The van der Waals surface area contributed by atoms with Crippen LogP contribution < -0.4 is 4.90 Å². The fraction of sp³-hybridized carbons (Fsp3) is 0.350. The number of thiophene rings is 1. The molecule has 140 valence electrons. The molecule has 0 N–H and O–H groups in total. The summed E-state index contributed by atoms with van der Waals surface area (Å²) in [6.45, 7) is 2.16. The van der Waals surface area contributed by atoms with Crippen LogP contribution in [0, 0.1) is 0 Å². The summed E-state index contributed by atoms with van der Waals surface area (Å²) in [5.74, 6) is -0.501. The van der Waals surface area contributed by atoms with Crippen LogP contribution in [0.5, 0.6) is 0 Å². The maximum absolute atomic E-state index is 12.9. The molecule has 2 aromatic rings. The van der Waals surface area contributed by atoms with Crippen molar-refractivity contribution in [3.63, 3.8) is 0 Å². The third-order valence-corrected chi connectivity index (χ3v) is 6.19. The zero-order valence-electron chi connectivity index (χ0n) is 15.1. The van der Waals surface area contributed by atoms with Crippen LogP contribution in [-0.4, -0.2) is 46.8 Å². The molecule has 2 aliphatic rings. The highest BCUT2D eigenvalue weighted by molar-refractivity contribution is 7.10. The Morgan fingerprint density at radius 3 is 2.63 bits per heavy atom. The summed E-state index contributed by atoms with van der Waals surface area (Å²) in [6.07, 6.45) is 1.85. The number of para-hydroxylation sites is 1. The molecule has 2 fully saturated rings. The highest BCUT2D eigenvalue weighted by Gasteiger charge is 2.45. The van der Waals surface area contributed by atoms with Crippen LogP contribution >= 0.6 is 11.3 Å². The molecule has 0 radical (unpaired) electrons. The average Bonchev–Trinajstić information content (AvgIpc) is 3.40. The molecular weight excluding hydrogens is 362 g/mol. The zero-order valence-corrected chi connectivity index (χ0v) is 15.9. The monoisotopic (exact) mass is 383 g/mol. The second-order valence-electron chi connectivity index (χ2n) is 6.85. The number of likely N-dealkylation sites (tertiary alicyclic amines) is 1. The van der Waals surface area contributed by atoms with Gasteiger partial charge in [0.15, 0.2) is 0 Å². The molecule has 27 heavy (non-hydrogen) atoms. The number of carbonyl (C=O) groups is 3. The van der Waals surface area contributed by atoms with Crippen molar-refractivity contribution in [2.24, 2.45) is 0 Å². The summed E-state index contributed by atoms with van der Waals surface area (Å²) in [4.78, 5) is 43.9. The van der Waals surface area contributed by atoms with Crippen molar-refractivity contribution in [2.45, 2.75) is 31.8 Å². The van der Waals surface area contributed by atoms with Crippen LogP contribution in [0.1, 0.15) is 30.7 Å². The van der Waals surface area contributed by atoms with E-state index in [0.717, 1.165) is 22.6 Å². The minimum atomic E-state index is -0.612. The highest BCUT2D eigenvalue weighted by atomic mass is 32.1. The van der Waals surface area contributed by atoms with E-state index in [9.17, 15) is 14.4 Å². The second-order valence-corrected chi connectivity index (χ2v) is 7.83. The smallest absolute Gasteiger partial charge is 0.332 e. The van der Waals surface area contributed by atoms with Crippen molar-refractivity contribution in [3.05, 3.63) is 52.7 Å². The normalized spacial score (nSPS) is 22.8. The molecule has 7 heteroatoms. The number of carbonyl (C=O) groups excluding carboxylic acids is 3. The molecule has 2 aliphatic heterocycles. The van der Waals surface area contributed by atoms with Crippen molar-refractivity contribution in [3.8, 4) is 0 Å². The minimum absolute atomic E-state index is 0.0490. The lowest BCUT2D eigenvalue weighted by molar-refractivity contribution is -0.137. The molecule has 3 heterocycles. The fourth-order valence-corrected chi connectivity index (χ4v) is 4.74. The Bertz CT molecular complexity index is 853. The molecule has 4 amide bonds. The van der Waals surface area contributed by atoms with Gasteiger partial charge in [-0.05, 0) is 43.3 Å². The van der Waals surface area contributed by atoms with Gasteiger partial charge in [0, 0.05) is 17.1 Å². The molecule has 2 atom stereocenters. The molecule has 6 nitrogen and oxygen atoms in total. The number of amides is 4. The summed E-state index contributed by atoms with van der Waals surface area (Å²) in [6, 6.07) is 12.1. The van der Waals surface area contributed by atoms with Gasteiger partial charge in [-0.3, -0.25) is 19.4 Å². The maximum Gasteiger partial charge on any atom is 0.332 e. The molecule has 1 aromatic heterocycles. The summed E-state index contributed by atoms with van der Waals surface area (Å²) in [7, 11) is 0. The van der Waals surface area contributed by atoms with Crippen LogP contribution in [0.15, 0.2) is 47.8 Å². The first-order valence-corrected chi connectivity index (χ1v) is 9.98. The Labute approximate surface area is 162 Å². The summed E-state index contributed by atoms with van der Waals surface area (Å²) >= 11 is 1.63.